The molecular weight excluding hydrogens is 332 g/mol. The van der Waals surface area contributed by atoms with Crippen molar-refractivity contribution in [2.24, 2.45) is 0 Å². The molecule has 1 aliphatic rings. The number of hydrogen-bond donors (Lipinski definition) is 4. The van der Waals surface area contributed by atoms with E-state index in [2.05, 4.69) is 10.6 Å². The number of carbonyl (C=O) groups excluding carboxylic acids is 2. The minimum Gasteiger partial charge on any atom is -0.478 e. The molecule has 1 fully saturated rings. The fourth-order valence-electron chi connectivity index (χ4n) is 1.89. The molecule has 0 aromatic rings. The molecule has 11 heteroatoms. The maximum absolute atomic E-state index is 11.6. The third kappa shape index (κ3) is 6.74. The van der Waals surface area contributed by atoms with Crippen molar-refractivity contribution in [3.63, 3.8) is 0 Å². The smallest absolute Gasteiger partial charge is 0.328 e. The van der Waals surface area contributed by atoms with E-state index in [-0.39, 0.29) is 0 Å². The van der Waals surface area contributed by atoms with Crippen LogP contribution in [0.4, 0.5) is 0 Å². The van der Waals surface area contributed by atoms with Gasteiger partial charge in [-0.05, 0) is 0 Å². The van der Waals surface area contributed by atoms with Crippen LogP contribution in [0, 0.1) is 0 Å². The van der Waals surface area contributed by atoms with Gasteiger partial charge in [-0.2, -0.15) is 0 Å². The summed E-state index contributed by atoms with van der Waals surface area (Å²) in [7, 11) is -3.51. The van der Waals surface area contributed by atoms with Gasteiger partial charge in [-0.15, -0.1) is 0 Å². The first-order valence-corrected chi connectivity index (χ1v) is 8.04. The Bertz CT molecular complexity index is 627. The van der Waals surface area contributed by atoms with E-state index in [9.17, 15) is 27.6 Å². The molecule has 1 heterocycles. The first-order chi connectivity index (χ1) is 10.6. The normalized spacial score (nSPS) is 23.0. The van der Waals surface area contributed by atoms with E-state index in [0.717, 1.165) is 12.2 Å². The largest absolute Gasteiger partial charge is 0.478 e. The highest BCUT2D eigenvalue weighted by Gasteiger charge is 2.38. The number of nitrogens with one attached hydrogen (secondary N) is 2. The van der Waals surface area contributed by atoms with E-state index < -0.39 is 57.2 Å². The van der Waals surface area contributed by atoms with Gasteiger partial charge in [0, 0.05) is 24.3 Å². The average molecular weight is 346 g/mol. The number of carbonyl (C=O) groups is 4. The quantitative estimate of drug-likeness (QED) is 0.388. The number of aliphatic carboxylic acids is 2. The lowest BCUT2D eigenvalue weighted by molar-refractivity contribution is -0.132. The number of sulfone groups is 1. The molecule has 0 aromatic heterocycles. The first-order valence-electron chi connectivity index (χ1n) is 6.22. The Kier molecular flexibility index (Phi) is 6.02. The van der Waals surface area contributed by atoms with Crippen LogP contribution in [-0.4, -0.2) is 66.0 Å². The summed E-state index contributed by atoms with van der Waals surface area (Å²) in [6, 6.07) is -1.90. The van der Waals surface area contributed by atoms with Gasteiger partial charge < -0.3 is 20.8 Å². The van der Waals surface area contributed by atoms with Gasteiger partial charge in [0.05, 0.1) is 23.6 Å². The number of carboxylic acid groups (broad SMARTS) is 2. The molecule has 1 saturated heterocycles. The Hall–Kier alpha value is -2.69. The number of amides is 2. The zero-order valence-electron chi connectivity index (χ0n) is 11.6. The lowest BCUT2D eigenvalue weighted by Gasteiger charge is -2.19. The van der Waals surface area contributed by atoms with E-state index in [1.165, 1.54) is 0 Å². The minimum absolute atomic E-state index is 0.423. The van der Waals surface area contributed by atoms with Crippen molar-refractivity contribution >= 4 is 33.6 Å². The highest BCUT2D eigenvalue weighted by atomic mass is 32.2. The predicted molar refractivity (Wildman–Crippen MR) is 76.1 cm³/mol. The minimum atomic E-state index is -3.51. The number of rotatable bonds is 6. The van der Waals surface area contributed by atoms with Crippen LogP contribution in [-0.2, 0) is 29.0 Å². The molecule has 126 valence electrons. The second kappa shape index (κ2) is 7.54. The molecule has 0 radical (unpaired) electrons. The summed E-state index contributed by atoms with van der Waals surface area (Å²) >= 11 is 0. The molecule has 10 nitrogen and oxygen atoms in total. The zero-order chi connectivity index (χ0) is 17.6. The van der Waals surface area contributed by atoms with Crippen LogP contribution in [0.5, 0.6) is 0 Å². The molecule has 2 amide bonds. The Labute approximate surface area is 130 Å². The summed E-state index contributed by atoms with van der Waals surface area (Å²) in [5.41, 5.74) is 0. The highest BCUT2D eigenvalue weighted by Crippen LogP contribution is 2.13. The zero-order valence-corrected chi connectivity index (χ0v) is 12.4. The summed E-state index contributed by atoms with van der Waals surface area (Å²) in [4.78, 5) is 43.6. The molecule has 1 rings (SSSR count). The summed E-state index contributed by atoms with van der Waals surface area (Å²) in [5.74, 6) is -5.18. The van der Waals surface area contributed by atoms with Gasteiger partial charge >= 0.3 is 11.9 Å². The summed E-state index contributed by atoms with van der Waals surface area (Å²) < 4.78 is 23.2. The summed E-state index contributed by atoms with van der Waals surface area (Å²) in [5, 5.41) is 21.4. The van der Waals surface area contributed by atoms with Crippen molar-refractivity contribution in [3.8, 4) is 0 Å². The van der Waals surface area contributed by atoms with E-state index >= 15 is 0 Å². The van der Waals surface area contributed by atoms with Crippen molar-refractivity contribution < 1.29 is 37.8 Å². The van der Waals surface area contributed by atoms with Gasteiger partial charge in [-0.25, -0.2) is 18.0 Å². The molecule has 23 heavy (non-hydrogen) atoms. The summed E-state index contributed by atoms with van der Waals surface area (Å²) in [6.45, 7) is 0. The average Bonchev–Trinajstić information content (AvgIpc) is 2.68. The SMILES string of the molecule is O=C(O)/C=C/C(=O)N[C@H]1CS(=O)(=O)C[C@H]1NC(=O)/C=C/C(=O)O. The van der Waals surface area contributed by atoms with Gasteiger partial charge in [0.15, 0.2) is 9.84 Å². The molecule has 4 N–H and O–H groups in total. The number of hydrogen-bond acceptors (Lipinski definition) is 6. The van der Waals surface area contributed by atoms with Crippen LogP contribution in [0.2, 0.25) is 0 Å². The van der Waals surface area contributed by atoms with Crippen molar-refractivity contribution in [1.29, 1.82) is 0 Å². The Balaban J connectivity index is 2.75. The van der Waals surface area contributed by atoms with E-state index in [4.69, 9.17) is 10.2 Å². The maximum atomic E-state index is 11.6. The molecule has 0 aromatic carbocycles. The molecule has 0 saturated carbocycles. The molecule has 1 aliphatic heterocycles. The van der Waals surface area contributed by atoms with Gasteiger partial charge in [-0.3, -0.25) is 9.59 Å². The molecule has 0 spiro atoms. The Morgan fingerprint density at radius 1 is 0.783 bits per heavy atom. The fraction of sp³-hybridized carbons (Fsp3) is 0.333. The van der Waals surface area contributed by atoms with Crippen LogP contribution in [0.1, 0.15) is 0 Å². The van der Waals surface area contributed by atoms with Crippen LogP contribution >= 0.6 is 0 Å². The molecular formula is C12H14N2O8S. The molecule has 2 atom stereocenters. The maximum Gasteiger partial charge on any atom is 0.328 e. The molecule has 0 unspecified atom stereocenters. The highest BCUT2D eigenvalue weighted by molar-refractivity contribution is 7.91. The van der Waals surface area contributed by atoms with Gasteiger partial charge in [0.25, 0.3) is 0 Å². The third-order valence-corrected chi connectivity index (χ3v) is 4.50. The van der Waals surface area contributed by atoms with Gasteiger partial charge in [0.2, 0.25) is 11.8 Å². The second-order valence-electron chi connectivity index (χ2n) is 4.65. The van der Waals surface area contributed by atoms with Gasteiger partial charge in [0.1, 0.15) is 0 Å². The van der Waals surface area contributed by atoms with Crippen LogP contribution in [0.25, 0.3) is 0 Å². The van der Waals surface area contributed by atoms with Crippen molar-refractivity contribution in [1.82, 2.24) is 10.6 Å². The van der Waals surface area contributed by atoms with E-state index in [1.807, 2.05) is 0 Å². The third-order valence-electron chi connectivity index (χ3n) is 2.76. The lowest BCUT2D eigenvalue weighted by atomic mass is 10.1. The van der Waals surface area contributed by atoms with Gasteiger partial charge in [-0.1, -0.05) is 0 Å². The first kappa shape index (κ1) is 18.4. The van der Waals surface area contributed by atoms with E-state index in [1.54, 1.807) is 0 Å². The van der Waals surface area contributed by atoms with Crippen LogP contribution < -0.4 is 10.6 Å². The van der Waals surface area contributed by atoms with Crippen LogP contribution in [0.3, 0.4) is 0 Å². The molecule has 0 aliphatic carbocycles. The molecule has 0 bridgehead atoms. The van der Waals surface area contributed by atoms with Crippen molar-refractivity contribution in [3.05, 3.63) is 24.3 Å². The predicted octanol–water partition coefficient (Wildman–Crippen LogP) is -2.33. The van der Waals surface area contributed by atoms with Crippen molar-refractivity contribution in [2.75, 3.05) is 11.5 Å². The Morgan fingerprint density at radius 3 is 1.43 bits per heavy atom. The summed E-state index contributed by atoms with van der Waals surface area (Å²) in [6.07, 6.45) is 2.61. The fourth-order valence-corrected chi connectivity index (χ4v) is 3.75. The van der Waals surface area contributed by atoms with E-state index in [0.29, 0.717) is 12.2 Å². The lowest BCUT2D eigenvalue weighted by Crippen LogP contribution is -2.50. The van der Waals surface area contributed by atoms with Crippen molar-refractivity contribution in [2.45, 2.75) is 12.1 Å². The van der Waals surface area contributed by atoms with Crippen LogP contribution in [0.15, 0.2) is 24.3 Å². The monoisotopic (exact) mass is 346 g/mol. The standard InChI is InChI=1S/C12H14N2O8S/c15-9(1-3-11(17)18)13-7-5-23(21,22)6-8(7)14-10(16)2-4-12(19)20/h1-4,7-8H,5-6H2,(H,13,15)(H,14,16)(H,17,18)(H,19,20)/b3-1+,4-2+/t7-,8+. The Morgan fingerprint density at radius 2 is 1.13 bits per heavy atom. The number of carboxylic acids is 2. The topological polar surface area (TPSA) is 167 Å². The second-order valence-corrected chi connectivity index (χ2v) is 6.80.